The number of aliphatic hydroxyl groups is 1. The maximum Gasteiger partial charge on any atom is 0.214 e. The van der Waals surface area contributed by atoms with Gasteiger partial charge in [0, 0.05) is 23.9 Å². The van der Waals surface area contributed by atoms with Crippen LogP contribution in [0.4, 0.5) is 8.78 Å². The van der Waals surface area contributed by atoms with Crippen LogP contribution in [0.2, 0.25) is 0 Å². The number of aliphatic hydroxyl groups excluding tert-OH is 1. The van der Waals surface area contributed by atoms with Crippen molar-refractivity contribution in [2.75, 3.05) is 18.8 Å². The number of rotatable bonds is 3. The predicted octanol–water partition coefficient (Wildman–Crippen LogP) is 3.84. The number of hydrogen-bond acceptors (Lipinski definition) is 3. The number of hydrogen-bond donors (Lipinski definition) is 1. The van der Waals surface area contributed by atoms with Gasteiger partial charge in [-0.2, -0.15) is 0 Å². The summed E-state index contributed by atoms with van der Waals surface area (Å²) in [7, 11) is -3.54. The summed E-state index contributed by atoms with van der Waals surface area (Å²) in [6.07, 6.45) is 6.73. The molecule has 2 saturated carbocycles. The Kier molecular flexibility index (Phi) is 4.36. The van der Waals surface area contributed by atoms with Crippen LogP contribution in [-0.2, 0) is 15.4 Å². The second-order valence-corrected chi connectivity index (χ2v) is 12.3. The molecule has 0 unspecified atom stereocenters. The highest BCUT2D eigenvalue weighted by atomic mass is 32.2. The zero-order chi connectivity index (χ0) is 21.5. The van der Waals surface area contributed by atoms with Crippen LogP contribution in [-0.4, -0.2) is 42.8 Å². The lowest BCUT2D eigenvalue weighted by atomic mass is 9.70. The fourth-order valence-electron chi connectivity index (χ4n) is 6.87. The van der Waals surface area contributed by atoms with Crippen molar-refractivity contribution in [3.63, 3.8) is 0 Å². The Bertz CT molecular complexity index is 1030. The van der Waals surface area contributed by atoms with E-state index in [1.54, 1.807) is 4.31 Å². The van der Waals surface area contributed by atoms with E-state index in [1.807, 2.05) is 12.2 Å². The van der Waals surface area contributed by atoms with Gasteiger partial charge in [0.2, 0.25) is 10.0 Å². The first kappa shape index (κ1) is 20.6. The number of benzene rings is 1. The summed E-state index contributed by atoms with van der Waals surface area (Å²) in [5.74, 6) is -1.35. The fraction of sp³-hybridized carbons (Fsp3) is 0.652. The Labute approximate surface area is 177 Å². The highest BCUT2D eigenvalue weighted by Gasteiger charge is 2.65. The molecule has 1 spiro atoms. The molecule has 1 N–H and O–H groups in total. The molecule has 5 rings (SSSR count). The van der Waals surface area contributed by atoms with Crippen LogP contribution in [0.25, 0.3) is 6.08 Å². The minimum absolute atomic E-state index is 0.00999. The van der Waals surface area contributed by atoms with E-state index in [0.717, 1.165) is 18.4 Å². The van der Waals surface area contributed by atoms with Crippen LogP contribution in [0.1, 0.15) is 57.1 Å². The number of allylic oxidation sites excluding steroid dienone is 1. The molecule has 3 fully saturated rings. The molecule has 164 valence electrons. The van der Waals surface area contributed by atoms with Crippen LogP contribution in [0.5, 0.6) is 0 Å². The molecule has 0 amide bonds. The van der Waals surface area contributed by atoms with E-state index in [1.165, 1.54) is 12.1 Å². The number of nitrogens with zero attached hydrogens (tertiary/aromatic N) is 1. The van der Waals surface area contributed by atoms with Crippen LogP contribution in [0.3, 0.4) is 0 Å². The van der Waals surface area contributed by atoms with Gasteiger partial charge in [0.1, 0.15) is 0 Å². The third-order valence-electron chi connectivity index (χ3n) is 9.05. The first-order valence-corrected chi connectivity index (χ1v) is 12.5. The summed E-state index contributed by atoms with van der Waals surface area (Å²) in [4.78, 5) is 0. The van der Waals surface area contributed by atoms with Gasteiger partial charge in [-0.15, -0.1) is 0 Å². The lowest BCUT2D eigenvalue weighted by molar-refractivity contribution is 0.0143. The molecule has 0 radical (unpaired) electrons. The number of sulfonamides is 1. The summed E-state index contributed by atoms with van der Waals surface area (Å²) >= 11 is 0. The van der Waals surface area contributed by atoms with Crippen molar-refractivity contribution in [1.82, 2.24) is 4.31 Å². The largest absolute Gasteiger partial charge is 0.392 e. The maximum absolute atomic E-state index is 13.9. The van der Waals surface area contributed by atoms with E-state index < -0.39 is 38.6 Å². The minimum atomic E-state index is -3.54. The van der Waals surface area contributed by atoms with E-state index in [4.69, 9.17) is 0 Å². The second kappa shape index (κ2) is 6.36. The Hall–Kier alpha value is -1.31. The van der Waals surface area contributed by atoms with Gasteiger partial charge in [-0.3, -0.25) is 0 Å². The highest BCUT2D eigenvalue weighted by Crippen LogP contribution is 2.66. The van der Waals surface area contributed by atoms with Crippen molar-refractivity contribution in [3.05, 3.63) is 41.0 Å². The van der Waals surface area contributed by atoms with Gasteiger partial charge in [0.05, 0.1) is 11.9 Å². The van der Waals surface area contributed by atoms with E-state index in [2.05, 4.69) is 13.8 Å². The van der Waals surface area contributed by atoms with Crippen LogP contribution in [0, 0.1) is 28.4 Å². The molecule has 30 heavy (non-hydrogen) atoms. The van der Waals surface area contributed by atoms with Crippen molar-refractivity contribution in [3.8, 4) is 0 Å². The molecule has 4 aliphatic rings. The van der Waals surface area contributed by atoms with Crippen molar-refractivity contribution >= 4 is 16.1 Å². The summed E-state index contributed by atoms with van der Waals surface area (Å²) in [6.45, 7) is 4.91. The van der Waals surface area contributed by atoms with Crippen LogP contribution < -0.4 is 0 Å². The molecule has 1 saturated heterocycles. The van der Waals surface area contributed by atoms with Crippen molar-refractivity contribution in [1.29, 1.82) is 0 Å². The molecule has 4 nitrogen and oxygen atoms in total. The average Bonchev–Trinajstić information content (AvgIpc) is 3.19. The molecule has 2 bridgehead atoms. The molecule has 1 aliphatic heterocycles. The highest BCUT2D eigenvalue weighted by molar-refractivity contribution is 7.89. The Morgan fingerprint density at radius 1 is 1.13 bits per heavy atom. The van der Waals surface area contributed by atoms with Crippen LogP contribution >= 0.6 is 0 Å². The molecule has 3 atom stereocenters. The molecule has 1 aromatic rings. The smallest absolute Gasteiger partial charge is 0.214 e. The van der Waals surface area contributed by atoms with Crippen molar-refractivity contribution in [2.45, 2.75) is 57.5 Å². The van der Waals surface area contributed by atoms with Crippen LogP contribution in [0.15, 0.2) is 18.2 Å². The van der Waals surface area contributed by atoms with Crippen molar-refractivity contribution in [2.24, 2.45) is 16.7 Å². The summed E-state index contributed by atoms with van der Waals surface area (Å²) in [5.41, 5.74) is 0.232. The van der Waals surface area contributed by atoms with Gasteiger partial charge in [0.25, 0.3) is 0 Å². The van der Waals surface area contributed by atoms with E-state index in [-0.39, 0.29) is 11.2 Å². The zero-order valence-corrected chi connectivity index (χ0v) is 18.3. The van der Waals surface area contributed by atoms with E-state index >= 15 is 0 Å². The zero-order valence-electron chi connectivity index (χ0n) is 17.5. The van der Waals surface area contributed by atoms with E-state index in [9.17, 15) is 22.3 Å². The summed E-state index contributed by atoms with van der Waals surface area (Å²) < 4.78 is 55.8. The van der Waals surface area contributed by atoms with Gasteiger partial charge in [-0.1, -0.05) is 26.0 Å². The van der Waals surface area contributed by atoms with Gasteiger partial charge in [-0.05, 0) is 66.7 Å². The lowest BCUT2D eigenvalue weighted by Gasteiger charge is -2.43. The minimum Gasteiger partial charge on any atom is -0.392 e. The monoisotopic (exact) mass is 437 g/mol. The molecule has 1 aromatic carbocycles. The first-order chi connectivity index (χ1) is 14.0. The quantitative estimate of drug-likeness (QED) is 0.782. The molecule has 0 aromatic heterocycles. The molecule has 1 heterocycles. The molecular weight excluding hydrogens is 408 g/mol. The normalized spacial score (nSPS) is 34.0. The summed E-state index contributed by atoms with van der Waals surface area (Å²) in [6, 6.07) is 2.49. The number of halogens is 2. The molecular formula is C23H29F2NO3S. The topological polar surface area (TPSA) is 57.6 Å². The molecule has 3 aliphatic carbocycles. The maximum atomic E-state index is 13.9. The Morgan fingerprint density at radius 2 is 1.80 bits per heavy atom. The Balaban J connectivity index is 1.36. The molecule has 7 heteroatoms. The number of piperidine rings is 1. The van der Waals surface area contributed by atoms with Gasteiger partial charge < -0.3 is 5.11 Å². The van der Waals surface area contributed by atoms with Crippen molar-refractivity contribution < 1.29 is 22.3 Å². The SMILES string of the molecule is CC1(C)[C@@H]2CC[C@@]1(CS(=O)(=O)N1CCC3(C=Cc4cc(F)c(F)cc43)CC1)[C@H](O)C2. The van der Waals surface area contributed by atoms with Gasteiger partial charge >= 0.3 is 0 Å². The Morgan fingerprint density at radius 3 is 2.40 bits per heavy atom. The third kappa shape index (κ3) is 2.64. The van der Waals surface area contributed by atoms with Gasteiger partial charge in [-0.25, -0.2) is 21.5 Å². The second-order valence-electron chi connectivity index (χ2n) is 10.4. The lowest BCUT2D eigenvalue weighted by Crippen LogP contribution is -2.51. The van der Waals surface area contributed by atoms with E-state index in [0.29, 0.717) is 43.8 Å². The standard InChI is InChI=1S/C23H29F2NO3S/c1-21(2)16-4-6-23(21,20(27)12-16)14-30(28,29)26-9-7-22(8-10-26)5-3-15-11-18(24)19(25)13-17(15)22/h3,5,11,13,16,20,27H,4,6-10,12,14H2,1-2H3/t16-,20-,23-/m1/s1. The first-order valence-electron chi connectivity index (χ1n) is 10.9. The fourth-order valence-corrected chi connectivity index (χ4v) is 9.15. The predicted molar refractivity (Wildman–Crippen MR) is 111 cm³/mol. The summed E-state index contributed by atoms with van der Waals surface area (Å²) in [5, 5.41) is 10.7. The average molecular weight is 438 g/mol. The van der Waals surface area contributed by atoms with Gasteiger partial charge in [0.15, 0.2) is 11.6 Å². The third-order valence-corrected chi connectivity index (χ3v) is 11.1. The number of fused-ring (bicyclic) bond motifs is 4.